The van der Waals surface area contributed by atoms with E-state index in [1.54, 1.807) is 0 Å². The fourth-order valence-electron chi connectivity index (χ4n) is 1.82. The second-order valence-electron chi connectivity index (χ2n) is 5.08. The topological polar surface area (TPSA) is 38.2 Å². The number of rotatable bonds is 3. The molecule has 4 heteroatoms. The van der Waals surface area contributed by atoms with Crippen molar-refractivity contribution in [2.24, 2.45) is 0 Å². The van der Waals surface area contributed by atoms with Crippen molar-refractivity contribution >= 4 is 5.95 Å². The normalized spacial score (nSPS) is 17.2. The molecule has 1 aromatic heterocycles. The number of nitrogens with zero attached hydrogens (tertiary/aromatic N) is 3. The third kappa shape index (κ3) is 2.75. The van der Waals surface area contributed by atoms with Gasteiger partial charge in [0.25, 0.3) is 0 Å². The van der Waals surface area contributed by atoms with Gasteiger partial charge in [-0.05, 0) is 12.5 Å². The monoisotopic (exact) mass is 235 g/mol. The zero-order chi connectivity index (χ0) is 12.3. The highest BCUT2D eigenvalue weighted by Gasteiger charge is 2.22. The Hall–Kier alpha value is -1.16. The summed E-state index contributed by atoms with van der Waals surface area (Å²) in [7, 11) is 0. The van der Waals surface area contributed by atoms with Crippen molar-refractivity contribution in [2.45, 2.75) is 32.6 Å². The molecular weight excluding hydrogens is 214 g/mol. The summed E-state index contributed by atoms with van der Waals surface area (Å²) in [6, 6.07) is 2.02. The van der Waals surface area contributed by atoms with Gasteiger partial charge in [-0.1, -0.05) is 20.8 Å². The van der Waals surface area contributed by atoms with E-state index < -0.39 is 0 Å². The summed E-state index contributed by atoms with van der Waals surface area (Å²) in [5, 5.41) is 0. The number of anilines is 1. The van der Waals surface area contributed by atoms with Gasteiger partial charge in [0.15, 0.2) is 0 Å². The molecule has 1 aliphatic heterocycles. The van der Waals surface area contributed by atoms with Gasteiger partial charge in [-0.25, -0.2) is 9.97 Å². The average Bonchev–Trinajstić information content (AvgIpc) is 2.40. The summed E-state index contributed by atoms with van der Waals surface area (Å²) in [5.74, 6) is 0.840. The van der Waals surface area contributed by atoms with Crippen LogP contribution in [-0.2, 0) is 10.2 Å². The second kappa shape index (κ2) is 5.00. The summed E-state index contributed by atoms with van der Waals surface area (Å²) in [5.41, 5.74) is 1.24. The van der Waals surface area contributed by atoms with Crippen LogP contribution in [0.4, 0.5) is 5.95 Å². The third-order valence-electron chi connectivity index (χ3n) is 3.51. The molecule has 2 rings (SSSR count). The van der Waals surface area contributed by atoms with Crippen LogP contribution in [0.3, 0.4) is 0 Å². The quantitative estimate of drug-likeness (QED) is 0.803. The van der Waals surface area contributed by atoms with Crippen LogP contribution in [0.2, 0.25) is 0 Å². The highest BCUT2D eigenvalue weighted by molar-refractivity contribution is 5.32. The number of ether oxygens (including phenoxy) is 1. The van der Waals surface area contributed by atoms with Crippen LogP contribution in [0.5, 0.6) is 0 Å². The Morgan fingerprint density at radius 3 is 2.71 bits per heavy atom. The molecule has 1 aliphatic rings. The average molecular weight is 235 g/mol. The Bertz CT molecular complexity index is 373. The molecule has 1 saturated heterocycles. The van der Waals surface area contributed by atoms with E-state index in [-0.39, 0.29) is 5.41 Å². The highest BCUT2D eigenvalue weighted by Crippen LogP contribution is 2.25. The van der Waals surface area contributed by atoms with Gasteiger partial charge in [-0.15, -0.1) is 0 Å². The van der Waals surface area contributed by atoms with Crippen molar-refractivity contribution in [1.29, 1.82) is 0 Å². The molecule has 4 nitrogen and oxygen atoms in total. The summed E-state index contributed by atoms with van der Waals surface area (Å²) < 4.78 is 5.34. The molecule has 94 valence electrons. The first kappa shape index (κ1) is 12.3. The SMILES string of the molecule is CCC(C)(C)c1ccnc(N2CCOCC2)n1. The zero-order valence-electron chi connectivity index (χ0n) is 10.9. The van der Waals surface area contributed by atoms with Gasteiger partial charge >= 0.3 is 0 Å². The predicted molar refractivity (Wildman–Crippen MR) is 68.4 cm³/mol. The van der Waals surface area contributed by atoms with E-state index in [9.17, 15) is 0 Å². The van der Waals surface area contributed by atoms with Gasteiger partial charge in [0.2, 0.25) is 5.95 Å². The molecule has 1 fully saturated rings. The minimum absolute atomic E-state index is 0.115. The van der Waals surface area contributed by atoms with Crippen LogP contribution in [0.15, 0.2) is 12.3 Å². The van der Waals surface area contributed by atoms with Gasteiger partial charge in [-0.3, -0.25) is 0 Å². The van der Waals surface area contributed by atoms with E-state index in [1.165, 1.54) is 0 Å². The number of morpholine rings is 1. The molecule has 0 aromatic carbocycles. The van der Waals surface area contributed by atoms with Crippen molar-refractivity contribution in [1.82, 2.24) is 9.97 Å². The molecule has 0 radical (unpaired) electrons. The summed E-state index contributed by atoms with van der Waals surface area (Å²) in [6.07, 6.45) is 2.94. The van der Waals surface area contributed by atoms with Crippen molar-refractivity contribution in [3.05, 3.63) is 18.0 Å². The summed E-state index contributed by atoms with van der Waals surface area (Å²) in [4.78, 5) is 11.3. The summed E-state index contributed by atoms with van der Waals surface area (Å²) in [6.45, 7) is 9.94. The Labute approximate surface area is 103 Å². The number of aromatic nitrogens is 2. The van der Waals surface area contributed by atoms with Gasteiger partial charge in [0.05, 0.1) is 18.9 Å². The van der Waals surface area contributed by atoms with E-state index in [2.05, 4.69) is 30.7 Å². The van der Waals surface area contributed by atoms with Gasteiger partial charge in [-0.2, -0.15) is 0 Å². The first-order chi connectivity index (χ1) is 8.13. The van der Waals surface area contributed by atoms with E-state index in [1.807, 2.05) is 12.3 Å². The smallest absolute Gasteiger partial charge is 0.225 e. The summed E-state index contributed by atoms with van der Waals surface area (Å²) >= 11 is 0. The fraction of sp³-hybridized carbons (Fsp3) is 0.692. The van der Waals surface area contributed by atoms with Crippen LogP contribution in [-0.4, -0.2) is 36.3 Å². The molecule has 2 heterocycles. The standard InChI is InChI=1S/C13H21N3O/c1-4-13(2,3)11-5-6-14-12(15-11)16-7-9-17-10-8-16/h5-6H,4,7-10H2,1-3H3. The van der Waals surface area contributed by atoms with Crippen LogP contribution >= 0.6 is 0 Å². The maximum absolute atomic E-state index is 5.34. The van der Waals surface area contributed by atoms with E-state index in [0.29, 0.717) is 0 Å². The maximum atomic E-state index is 5.34. The molecule has 0 unspecified atom stereocenters. The molecule has 0 aliphatic carbocycles. The molecule has 1 aromatic rings. The lowest BCUT2D eigenvalue weighted by Gasteiger charge is -2.28. The van der Waals surface area contributed by atoms with Gasteiger partial charge < -0.3 is 9.64 Å². The van der Waals surface area contributed by atoms with Crippen molar-refractivity contribution in [3.8, 4) is 0 Å². The van der Waals surface area contributed by atoms with Crippen LogP contribution < -0.4 is 4.90 Å². The molecule has 0 N–H and O–H groups in total. The Morgan fingerprint density at radius 1 is 1.35 bits per heavy atom. The van der Waals surface area contributed by atoms with Gasteiger partial charge in [0.1, 0.15) is 0 Å². The third-order valence-corrected chi connectivity index (χ3v) is 3.51. The van der Waals surface area contributed by atoms with Crippen LogP contribution in [0.1, 0.15) is 32.9 Å². The lowest BCUT2D eigenvalue weighted by atomic mass is 9.86. The van der Waals surface area contributed by atoms with Crippen LogP contribution in [0, 0.1) is 0 Å². The largest absolute Gasteiger partial charge is 0.378 e. The van der Waals surface area contributed by atoms with E-state index in [4.69, 9.17) is 9.72 Å². The fourth-order valence-corrected chi connectivity index (χ4v) is 1.82. The minimum Gasteiger partial charge on any atom is -0.378 e. The number of hydrogen-bond donors (Lipinski definition) is 0. The first-order valence-corrected chi connectivity index (χ1v) is 6.30. The Morgan fingerprint density at radius 2 is 2.06 bits per heavy atom. The molecule has 0 saturated carbocycles. The highest BCUT2D eigenvalue weighted by atomic mass is 16.5. The minimum atomic E-state index is 0.115. The van der Waals surface area contributed by atoms with Crippen molar-refractivity contribution < 1.29 is 4.74 Å². The van der Waals surface area contributed by atoms with Crippen molar-refractivity contribution in [3.63, 3.8) is 0 Å². The Balaban J connectivity index is 2.21. The number of hydrogen-bond acceptors (Lipinski definition) is 4. The predicted octanol–water partition coefficient (Wildman–Crippen LogP) is 2.00. The zero-order valence-corrected chi connectivity index (χ0v) is 10.9. The Kier molecular flexibility index (Phi) is 3.62. The maximum Gasteiger partial charge on any atom is 0.225 e. The molecule has 0 spiro atoms. The molecule has 0 amide bonds. The molecule has 0 bridgehead atoms. The lowest BCUT2D eigenvalue weighted by Crippen LogP contribution is -2.37. The molecule has 17 heavy (non-hydrogen) atoms. The van der Waals surface area contributed by atoms with Crippen LogP contribution in [0.25, 0.3) is 0 Å². The van der Waals surface area contributed by atoms with E-state index in [0.717, 1.165) is 44.4 Å². The second-order valence-corrected chi connectivity index (χ2v) is 5.08. The van der Waals surface area contributed by atoms with Gasteiger partial charge in [0, 0.05) is 24.7 Å². The van der Waals surface area contributed by atoms with E-state index >= 15 is 0 Å². The lowest BCUT2D eigenvalue weighted by molar-refractivity contribution is 0.122. The molecular formula is C13H21N3O. The first-order valence-electron chi connectivity index (χ1n) is 6.30. The van der Waals surface area contributed by atoms with Crippen molar-refractivity contribution in [2.75, 3.05) is 31.2 Å². The molecule has 0 atom stereocenters.